The number of hydrogen-bond acceptors (Lipinski definition) is 8. The SMILES string of the molecule is [2H]C[C@H]1O[C@@H](n2cc(C)c(NC(=O)c3ccccc3)nc2=O)C(OP(OCC[N+]#[C-])N(C(C)C)C(C)C)C1CO. The third-order valence-electron chi connectivity index (χ3n) is 6.25. The van der Waals surface area contributed by atoms with Gasteiger partial charge >= 0.3 is 5.69 Å². The van der Waals surface area contributed by atoms with E-state index in [9.17, 15) is 14.7 Å². The summed E-state index contributed by atoms with van der Waals surface area (Å²) >= 11 is 0. The van der Waals surface area contributed by atoms with Gasteiger partial charge in [0.15, 0.2) is 6.23 Å². The number of amides is 1. The summed E-state index contributed by atoms with van der Waals surface area (Å²) in [6.07, 6.45) is -1.01. The Kier molecular flexibility index (Phi) is 10.6. The van der Waals surface area contributed by atoms with Crippen molar-refractivity contribution in [1.29, 1.82) is 0 Å². The zero-order chi connectivity index (χ0) is 29.4. The van der Waals surface area contributed by atoms with E-state index in [1.54, 1.807) is 37.3 Å². The molecule has 2 aromatic rings. The van der Waals surface area contributed by atoms with Gasteiger partial charge in [-0.3, -0.25) is 9.36 Å². The van der Waals surface area contributed by atoms with Gasteiger partial charge in [0.2, 0.25) is 6.54 Å². The van der Waals surface area contributed by atoms with Gasteiger partial charge in [-0.2, -0.15) is 4.98 Å². The molecule has 11 nitrogen and oxygen atoms in total. The summed E-state index contributed by atoms with van der Waals surface area (Å²) in [7, 11) is -1.72. The molecule has 1 amide bonds. The number of nitrogens with one attached hydrogen (secondary N) is 1. The molecule has 1 aliphatic rings. The Morgan fingerprint density at radius 1 is 1.33 bits per heavy atom. The molecule has 5 atom stereocenters. The van der Waals surface area contributed by atoms with Crippen molar-refractivity contribution in [2.24, 2.45) is 5.92 Å². The molecule has 39 heavy (non-hydrogen) atoms. The van der Waals surface area contributed by atoms with Crippen molar-refractivity contribution >= 4 is 20.3 Å². The number of carbonyl (C=O) groups excluding carboxylic acids is 1. The van der Waals surface area contributed by atoms with E-state index in [0.717, 1.165) is 0 Å². The summed E-state index contributed by atoms with van der Waals surface area (Å²) in [6.45, 7) is 16.7. The van der Waals surface area contributed by atoms with E-state index in [1.165, 1.54) is 10.8 Å². The molecule has 1 aliphatic heterocycles. The van der Waals surface area contributed by atoms with Gasteiger partial charge in [-0.25, -0.2) is 16.0 Å². The number of benzene rings is 1. The number of carbonyl (C=O) groups is 1. The van der Waals surface area contributed by atoms with Crippen molar-refractivity contribution in [3.05, 3.63) is 69.6 Å². The summed E-state index contributed by atoms with van der Waals surface area (Å²) < 4.78 is 30.0. The number of anilines is 1. The van der Waals surface area contributed by atoms with E-state index in [1.807, 2.05) is 32.4 Å². The van der Waals surface area contributed by atoms with Crippen LogP contribution in [0.15, 0.2) is 41.3 Å². The second-order valence-corrected chi connectivity index (χ2v) is 11.2. The molecule has 0 aliphatic carbocycles. The fraction of sp³-hybridized carbons (Fsp3) is 0.556. The Balaban J connectivity index is 1.96. The minimum absolute atomic E-state index is 0.0403. The maximum Gasteiger partial charge on any atom is 0.351 e. The van der Waals surface area contributed by atoms with Crippen LogP contribution in [0, 0.1) is 19.4 Å². The Bertz CT molecular complexity index is 1220. The average Bonchev–Trinajstić information content (AvgIpc) is 3.27. The topological polar surface area (TPSA) is 120 Å². The Labute approximate surface area is 232 Å². The van der Waals surface area contributed by atoms with Crippen LogP contribution in [-0.2, 0) is 13.8 Å². The van der Waals surface area contributed by atoms with Gasteiger partial charge in [0, 0.05) is 36.7 Å². The number of ether oxygens (including phenoxy) is 1. The van der Waals surface area contributed by atoms with Gasteiger partial charge in [-0.15, -0.1) is 0 Å². The molecule has 3 rings (SSSR count). The number of aliphatic hydroxyl groups is 1. The van der Waals surface area contributed by atoms with Crippen molar-refractivity contribution < 1.29 is 25.1 Å². The summed E-state index contributed by atoms with van der Waals surface area (Å²) in [5.41, 5.74) is 0.261. The third-order valence-corrected chi connectivity index (χ3v) is 8.37. The van der Waals surface area contributed by atoms with Crippen molar-refractivity contribution in [1.82, 2.24) is 14.2 Å². The fourth-order valence-electron chi connectivity index (χ4n) is 4.39. The highest BCUT2D eigenvalue weighted by Crippen LogP contribution is 2.51. The number of aliphatic hydroxyl groups excluding tert-OH is 1. The second kappa shape index (κ2) is 14.1. The maximum atomic E-state index is 13.3. The molecule has 1 aromatic heterocycles. The molecular formula is C27H38N5O6P. The fourth-order valence-corrected chi connectivity index (χ4v) is 6.16. The number of hydrogen-bond donors (Lipinski definition) is 2. The van der Waals surface area contributed by atoms with Gasteiger partial charge in [-0.1, -0.05) is 18.2 Å². The lowest BCUT2D eigenvalue weighted by molar-refractivity contribution is -0.0314. The minimum atomic E-state index is -1.72. The smallest absolute Gasteiger partial charge is 0.351 e. The molecule has 12 heteroatoms. The van der Waals surface area contributed by atoms with Crippen molar-refractivity contribution in [3.63, 3.8) is 0 Å². The van der Waals surface area contributed by atoms with Crippen LogP contribution in [0.25, 0.3) is 4.85 Å². The van der Waals surface area contributed by atoms with Crippen LogP contribution in [0.4, 0.5) is 5.82 Å². The second-order valence-electron chi connectivity index (χ2n) is 9.78. The summed E-state index contributed by atoms with van der Waals surface area (Å²) in [5, 5.41) is 13.0. The van der Waals surface area contributed by atoms with E-state index in [4.69, 9.17) is 21.7 Å². The van der Waals surface area contributed by atoms with Crippen LogP contribution >= 0.6 is 8.53 Å². The molecule has 1 saturated heterocycles. The zero-order valence-electron chi connectivity index (χ0n) is 24.0. The van der Waals surface area contributed by atoms with Crippen LogP contribution in [0.2, 0.25) is 0 Å². The lowest BCUT2D eigenvalue weighted by Crippen LogP contribution is -2.39. The molecule has 2 heterocycles. The quantitative estimate of drug-likeness (QED) is 0.227. The largest absolute Gasteiger partial charge is 0.396 e. The van der Waals surface area contributed by atoms with Gasteiger partial charge in [0.1, 0.15) is 18.5 Å². The van der Waals surface area contributed by atoms with Gasteiger partial charge in [0.25, 0.3) is 14.4 Å². The van der Waals surface area contributed by atoms with Crippen LogP contribution in [0.3, 0.4) is 0 Å². The van der Waals surface area contributed by atoms with Crippen molar-refractivity contribution in [3.8, 4) is 0 Å². The van der Waals surface area contributed by atoms with E-state index in [-0.39, 0.29) is 44.6 Å². The molecule has 3 unspecified atom stereocenters. The lowest BCUT2D eigenvalue weighted by atomic mass is 10.0. The summed E-state index contributed by atoms with van der Waals surface area (Å²) in [5.74, 6) is -0.884. The number of nitrogens with zero attached hydrogens (tertiary/aromatic N) is 4. The van der Waals surface area contributed by atoms with Crippen LogP contribution < -0.4 is 11.0 Å². The van der Waals surface area contributed by atoms with E-state index in [0.29, 0.717) is 11.1 Å². The van der Waals surface area contributed by atoms with Crippen molar-refractivity contribution in [2.75, 3.05) is 25.1 Å². The molecular weight excluding hydrogens is 521 g/mol. The molecule has 2 N–H and O–H groups in total. The third kappa shape index (κ3) is 7.48. The Hall–Kier alpha value is -2.71. The van der Waals surface area contributed by atoms with E-state index in [2.05, 4.69) is 15.1 Å². The first-order valence-corrected chi connectivity index (χ1v) is 14.0. The molecule has 0 bridgehead atoms. The van der Waals surface area contributed by atoms with Crippen LogP contribution in [0.5, 0.6) is 0 Å². The number of aryl methyl sites for hydroxylation is 1. The predicted molar refractivity (Wildman–Crippen MR) is 149 cm³/mol. The highest BCUT2D eigenvalue weighted by Gasteiger charge is 2.47. The normalized spacial score (nSPS) is 22.2. The number of aromatic nitrogens is 2. The van der Waals surface area contributed by atoms with Crippen molar-refractivity contribution in [2.45, 2.75) is 72.0 Å². The average molecular weight is 561 g/mol. The molecule has 0 radical (unpaired) electrons. The predicted octanol–water partition coefficient (Wildman–Crippen LogP) is 4.00. The summed E-state index contributed by atoms with van der Waals surface area (Å²) in [4.78, 5) is 33.4. The zero-order valence-corrected chi connectivity index (χ0v) is 23.9. The number of rotatable bonds is 12. The van der Waals surface area contributed by atoms with Crippen LogP contribution in [-0.4, -0.2) is 69.3 Å². The van der Waals surface area contributed by atoms with E-state index < -0.39 is 44.5 Å². The molecule has 1 fully saturated rings. The van der Waals surface area contributed by atoms with E-state index >= 15 is 0 Å². The molecule has 0 saturated carbocycles. The minimum Gasteiger partial charge on any atom is -0.396 e. The van der Waals surface area contributed by atoms with Gasteiger partial charge < -0.3 is 29.1 Å². The Morgan fingerprint density at radius 3 is 2.62 bits per heavy atom. The first-order chi connectivity index (χ1) is 19.1. The van der Waals surface area contributed by atoms with Gasteiger partial charge in [0.05, 0.1) is 12.7 Å². The highest BCUT2D eigenvalue weighted by atomic mass is 31.2. The maximum absolute atomic E-state index is 13.3. The highest BCUT2D eigenvalue weighted by molar-refractivity contribution is 7.44. The monoisotopic (exact) mass is 560 g/mol. The molecule has 0 spiro atoms. The van der Waals surface area contributed by atoms with Crippen LogP contribution in [0.1, 0.15) is 58.1 Å². The molecule has 1 aromatic carbocycles. The first-order valence-electron chi connectivity index (χ1n) is 13.6. The molecule has 212 valence electrons. The first kappa shape index (κ1) is 29.3. The standard InChI is InChI=1S/C27H38N5O6P/c1-17(2)32(18(3)4)39(36-14-13-28-7)38-23-22(16-33)20(6)37-26(23)31-15-19(5)24(30-27(31)35)29-25(34)21-11-9-8-10-12-21/h8-12,15,17-18,20,22-23,26,33H,13-14,16H2,1-6H3,(H,29,30,34,35)/t20-,22?,23?,26-,39?/m1/s1/i6D. The van der Waals surface area contributed by atoms with Gasteiger partial charge in [-0.05, 0) is 53.7 Å². The lowest BCUT2D eigenvalue weighted by Gasteiger charge is -2.38. The summed E-state index contributed by atoms with van der Waals surface area (Å²) in [6, 6.07) is 8.68. The Morgan fingerprint density at radius 2 is 2.03 bits per heavy atom.